The van der Waals surface area contributed by atoms with Gasteiger partial charge in [-0.15, -0.1) is 10.3 Å². The largest absolute Gasteiger partial charge is 0.340 e. The molecule has 0 aliphatic carbocycles. The Morgan fingerprint density at radius 2 is 1.92 bits per heavy atom. The van der Waals surface area contributed by atoms with E-state index >= 15 is 0 Å². The van der Waals surface area contributed by atoms with Gasteiger partial charge in [-0.25, -0.2) is 0 Å². The van der Waals surface area contributed by atoms with Crippen LogP contribution in [0.1, 0.15) is 24.1 Å². The van der Waals surface area contributed by atoms with Crippen molar-refractivity contribution in [1.29, 1.82) is 0 Å². The molecule has 5 aromatic rings. The standard InChI is InChI=1S/C28H22FN3O3S/c1-3-16-8-9-21-24(10-16)31-28-26(21)27(33)23-12-17(4-2)22(13-25(23)32(28)19-14-30-15-19)18-6-5-7-20(11-18)36(29,34)35/h1,5-13,19,30-31H,4,14-15H2,2H3. The maximum absolute atomic E-state index is 13.9. The Morgan fingerprint density at radius 1 is 1.11 bits per heavy atom. The number of H-pyrrole nitrogens is 1. The molecule has 2 N–H and O–H groups in total. The van der Waals surface area contributed by atoms with E-state index in [1.165, 1.54) is 18.2 Å². The number of hydrogen-bond donors (Lipinski definition) is 2. The Hall–Kier alpha value is -3.93. The van der Waals surface area contributed by atoms with Crippen molar-refractivity contribution >= 4 is 43.1 Å². The van der Waals surface area contributed by atoms with E-state index in [4.69, 9.17) is 6.42 Å². The summed E-state index contributed by atoms with van der Waals surface area (Å²) >= 11 is 0. The van der Waals surface area contributed by atoms with Gasteiger partial charge in [-0.3, -0.25) is 4.79 Å². The van der Waals surface area contributed by atoms with Crippen molar-refractivity contribution < 1.29 is 12.3 Å². The Bertz CT molecular complexity index is 1930. The maximum Gasteiger partial charge on any atom is 0.332 e. The molecule has 36 heavy (non-hydrogen) atoms. The van der Waals surface area contributed by atoms with Crippen LogP contribution in [0.25, 0.3) is 44.0 Å². The first-order valence-corrected chi connectivity index (χ1v) is 13.1. The summed E-state index contributed by atoms with van der Waals surface area (Å²) < 4.78 is 39.0. The van der Waals surface area contributed by atoms with Crippen LogP contribution in [0.15, 0.2) is 64.3 Å². The van der Waals surface area contributed by atoms with Crippen LogP contribution in [-0.2, 0) is 16.6 Å². The van der Waals surface area contributed by atoms with Gasteiger partial charge in [-0.1, -0.05) is 31.0 Å². The zero-order valence-electron chi connectivity index (χ0n) is 19.4. The Kier molecular flexibility index (Phi) is 5.04. The molecule has 0 unspecified atom stereocenters. The van der Waals surface area contributed by atoms with E-state index in [1.807, 2.05) is 37.3 Å². The number of hydrogen-bond acceptors (Lipinski definition) is 4. The Morgan fingerprint density at radius 3 is 2.58 bits per heavy atom. The molecule has 0 saturated carbocycles. The zero-order valence-corrected chi connectivity index (χ0v) is 20.2. The lowest BCUT2D eigenvalue weighted by atomic mass is 9.94. The highest BCUT2D eigenvalue weighted by Gasteiger charge is 2.26. The van der Waals surface area contributed by atoms with Crippen molar-refractivity contribution in [3.63, 3.8) is 0 Å². The van der Waals surface area contributed by atoms with Crippen molar-refractivity contribution in [2.75, 3.05) is 13.1 Å². The van der Waals surface area contributed by atoms with Gasteiger partial charge in [0.1, 0.15) is 5.65 Å². The third kappa shape index (κ3) is 3.35. The van der Waals surface area contributed by atoms with Gasteiger partial charge in [-0.05, 0) is 59.5 Å². The number of nitrogens with one attached hydrogen (secondary N) is 2. The number of aryl methyl sites for hydroxylation is 1. The Balaban J connectivity index is 1.74. The van der Waals surface area contributed by atoms with Crippen molar-refractivity contribution in [1.82, 2.24) is 14.9 Å². The van der Waals surface area contributed by atoms with Crippen LogP contribution in [-0.4, -0.2) is 31.1 Å². The van der Waals surface area contributed by atoms with E-state index < -0.39 is 15.1 Å². The second kappa shape index (κ2) is 8.05. The number of benzene rings is 3. The molecule has 0 bridgehead atoms. The minimum atomic E-state index is -4.85. The number of aromatic amines is 1. The number of aromatic nitrogens is 2. The summed E-state index contributed by atoms with van der Waals surface area (Å²) in [7, 11) is -4.85. The van der Waals surface area contributed by atoms with Crippen LogP contribution in [0, 0.1) is 12.3 Å². The van der Waals surface area contributed by atoms with Crippen molar-refractivity contribution in [3.05, 3.63) is 75.9 Å². The molecule has 6 nitrogen and oxygen atoms in total. The summed E-state index contributed by atoms with van der Waals surface area (Å²) in [6, 6.07) is 15.4. The number of rotatable bonds is 4. The van der Waals surface area contributed by atoms with Crippen molar-refractivity contribution in [2.45, 2.75) is 24.3 Å². The number of nitrogens with zero attached hydrogens (tertiary/aromatic N) is 1. The first kappa shape index (κ1) is 22.5. The fourth-order valence-electron chi connectivity index (χ4n) is 5.16. The number of fused-ring (bicyclic) bond motifs is 4. The van der Waals surface area contributed by atoms with Crippen LogP contribution in [0.2, 0.25) is 0 Å². The predicted molar refractivity (Wildman–Crippen MR) is 141 cm³/mol. The average Bonchev–Trinajstić information content (AvgIpc) is 3.22. The highest BCUT2D eigenvalue weighted by Crippen LogP contribution is 2.35. The average molecular weight is 500 g/mol. The molecule has 0 spiro atoms. The molecule has 8 heteroatoms. The van der Waals surface area contributed by atoms with Crippen LogP contribution in [0.4, 0.5) is 3.89 Å². The van der Waals surface area contributed by atoms with Crippen molar-refractivity contribution in [3.8, 4) is 23.5 Å². The highest BCUT2D eigenvalue weighted by molar-refractivity contribution is 7.86. The van der Waals surface area contributed by atoms with Gasteiger partial charge in [0.05, 0.1) is 21.8 Å². The third-order valence-electron chi connectivity index (χ3n) is 7.07. The van der Waals surface area contributed by atoms with Gasteiger partial charge >= 0.3 is 10.2 Å². The van der Waals surface area contributed by atoms with Crippen LogP contribution < -0.4 is 10.7 Å². The van der Waals surface area contributed by atoms with Crippen LogP contribution in [0.5, 0.6) is 0 Å². The monoisotopic (exact) mass is 499 g/mol. The molecule has 0 amide bonds. The molecular formula is C28H22FN3O3S. The highest BCUT2D eigenvalue weighted by atomic mass is 32.3. The van der Waals surface area contributed by atoms with E-state index in [1.54, 1.807) is 6.07 Å². The molecule has 0 atom stereocenters. The number of halogens is 1. The molecule has 1 aliphatic heterocycles. The normalized spacial score (nSPS) is 14.4. The molecule has 3 heterocycles. The van der Waals surface area contributed by atoms with Gasteiger partial charge in [0.25, 0.3) is 0 Å². The molecular weight excluding hydrogens is 477 g/mol. The molecule has 2 aromatic heterocycles. The van der Waals surface area contributed by atoms with E-state index in [2.05, 4.69) is 20.8 Å². The molecule has 180 valence electrons. The van der Waals surface area contributed by atoms with E-state index in [0.717, 1.165) is 51.8 Å². The maximum atomic E-state index is 13.9. The van der Waals surface area contributed by atoms with Crippen molar-refractivity contribution in [2.24, 2.45) is 0 Å². The second-order valence-electron chi connectivity index (χ2n) is 9.11. The van der Waals surface area contributed by atoms with Crippen LogP contribution in [0.3, 0.4) is 0 Å². The summed E-state index contributed by atoms with van der Waals surface area (Å²) in [5.41, 5.74) is 5.12. The molecule has 6 rings (SSSR count). The SMILES string of the molecule is C#Cc1ccc2c(c1)[nH]c1c2c(=O)c2cc(CC)c(-c3cccc(S(=O)(=O)F)c3)cc2n1C1CNC1. The number of terminal acetylenes is 1. The van der Waals surface area contributed by atoms with E-state index in [0.29, 0.717) is 22.8 Å². The molecule has 3 aromatic carbocycles. The van der Waals surface area contributed by atoms with Gasteiger partial charge in [0, 0.05) is 34.9 Å². The lowest BCUT2D eigenvalue weighted by molar-refractivity contribution is 0.357. The van der Waals surface area contributed by atoms with E-state index in [-0.39, 0.29) is 11.5 Å². The van der Waals surface area contributed by atoms with E-state index in [9.17, 15) is 17.1 Å². The molecule has 1 saturated heterocycles. The minimum absolute atomic E-state index is 0.0791. The molecule has 1 fully saturated rings. The first-order chi connectivity index (χ1) is 17.3. The minimum Gasteiger partial charge on any atom is -0.340 e. The summed E-state index contributed by atoms with van der Waals surface area (Å²) in [5.74, 6) is 2.64. The van der Waals surface area contributed by atoms with Gasteiger partial charge in [0.2, 0.25) is 0 Å². The van der Waals surface area contributed by atoms with Gasteiger partial charge < -0.3 is 14.9 Å². The lowest BCUT2D eigenvalue weighted by Crippen LogP contribution is -2.44. The van der Waals surface area contributed by atoms with Gasteiger partial charge in [0.15, 0.2) is 5.43 Å². The lowest BCUT2D eigenvalue weighted by Gasteiger charge is -2.32. The third-order valence-corrected chi connectivity index (χ3v) is 7.89. The zero-order chi connectivity index (χ0) is 25.2. The van der Waals surface area contributed by atoms with Crippen LogP contribution >= 0.6 is 0 Å². The Labute approximate surface area is 207 Å². The summed E-state index contributed by atoms with van der Waals surface area (Å²) in [5, 5.41) is 5.33. The smallest absolute Gasteiger partial charge is 0.332 e. The second-order valence-corrected chi connectivity index (χ2v) is 10.5. The molecule has 0 radical (unpaired) electrons. The fourth-order valence-corrected chi connectivity index (χ4v) is 5.67. The topological polar surface area (TPSA) is 84.0 Å². The predicted octanol–water partition coefficient (Wildman–Crippen LogP) is 4.65. The summed E-state index contributed by atoms with van der Waals surface area (Å²) in [6.07, 6.45) is 6.21. The molecule has 1 aliphatic rings. The number of pyridine rings is 1. The summed E-state index contributed by atoms with van der Waals surface area (Å²) in [4.78, 5) is 16.9. The first-order valence-electron chi connectivity index (χ1n) is 11.7. The summed E-state index contributed by atoms with van der Waals surface area (Å²) in [6.45, 7) is 3.47. The van der Waals surface area contributed by atoms with Gasteiger partial charge in [-0.2, -0.15) is 8.42 Å². The quantitative estimate of drug-likeness (QED) is 0.279. The fraction of sp³-hybridized carbons (Fsp3) is 0.179.